The number of carbonyl (C=O) groups excluding carboxylic acids is 1. The largest absolute Gasteiger partial charge is 0.414 e. The summed E-state index contributed by atoms with van der Waals surface area (Å²) < 4.78 is 10.4. The first-order chi connectivity index (χ1) is 19.7. The lowest BCUT2D eigenvalue weighted by Crippen LogP contribution is -2.41. The van der Waals surface area contributed by atoms with E-state index in [9.17, 15) is 4.79 Å². The maximum absolute atomic E-state index is 12.3. The standard InChI is InChI=1S/C31H38ClN7O2Si/c1-20-35-36-30-26(19-41-42(7,8)31(2,3)4)34-29(21-9-12-24(32)13-10-21)25-15-22(11-14-27(25)39(20)30)23-16-33-38(17-23)18-28(40)37(5)6/h9-17,26H,18-19H2,1-8H3/t26-/m0/s1. The van der Waals surface area contributed by atoms with Crippen LogP contribution in [0.2, 0.25) is 23.2 Å². The molecular weight excluding hydrogens is 566 g/mol. The second-order valence-electron chi connectivity index (χ2n) is 12.5. The zero-order chi connectivity index (χ0) is 30.4. The highest BCUT2D eigenvalue weighted by Crippen LogP contribution is 2.39. The summed E-state index contributed by atoms with van der Waals surface area (Å²) in [5, 5.41) is 14.2. The van der Waals surface area contributed by atoms with Crippen LogP contribution in [0.25, 0.3) is 16.8 Å². The number of fused-ring (bicyclic) bond motifs is 3. The van der Waals surface area contributed by atoms with Gasteiger partial charge in [0.25, 0.3) is 0 Å². The van der Waals surface area contributed by atoms with E-state index in [1.807, 2.05) is 37.4 Å². The summed E-state index contributed by atoms with van der Waals surface area (Å²) in [6, 6.07) is 13.7. The monoisotopic (exact) mass is 603 g/mol. The third-order valence-corrected chi connectivity index (χ3v) is 13.0. The number of aryl methyl sites for hydroxylation is 1. The topological polar surface area (TPSA) is 90.4 Å². The average molecular weight is 604 g/mol. The number of carbonyl (C=O) groups is 1. The minimum atomic E-state index is -2.06. The van der Waals surface area contributed by atoms with Crippen LogP contribution in [0, 0.1) is 6.92 Å². The lowest BCUT2D eigenvalue weighted by Gasteiger charge is -2.36. The molecule has 0 radical (unpaired) electrons. The van der Waals surface area contributed by atoms with Crippen molar-refractivity contribution in [2.75, 3.05) is 20.7 Å². The minimum Gasteiger partial charge on any atom is -0.414 e. The van der Waals surface area contributed by atoms with E-state index >= 15 is 0 Å². The first-order valence-electron chi connectivity index (χ1n) is 14.0. The van der Waals surface area contributed by atoms with Crippen molar-refractivity contribution in [3.8, 4) is 16.8 Å². The molecule has 4 aromatic rings. The number of rotatable bonds is 7. The third kappa shape index (κ3) is 5.84. The fourth-order valence-electron chi connectivity index (χ4n) is 4.61. The molecule has 11 heteroatoms. The summed E-state index contributed by atoms with van der Waals surface area (Å²) in [4.78, 5) is 19.1. The fraction of sp³-hybridized carbons (Fsp3) is 0.387. The Kier molecular flexibility index (Phi) is 7.99. The molecule has 0 fully saturated rings. The smallest absolute Gasteiger partial charge is 0.243 e. The maximum atomic E-state index is 12.3. The van der Waals surface area contributed by atoms with Crippen LogP contribution in [0.4, 0.5) is 0 Å². The molecule has 0 saturated carbocycles. The van der Waals surface area contributed by atoms with Crippen LogP contribution in [0.3, 0.4) is 0 Å². The van der Waals surface area contributed by atoms with Crippen molar-refractivity contribution >= 4 is 31.5 Å². The number of hydrogen-bond acceptors (Lipinski definition) is 6. The molecule has 1 aliphatic heterocycles. The SMILES string of the molecule is Cc1nnc2n1-c1ccc(-c3cnn(CC(=O)N(C)C)c3)cc1C(c1ccc(Cl)cc1)=N[C@H]2CO[Si](C)(C)C(C)(C)C. The normalized spacial score (nSPS) is 15.1. The summed E-state index contributed by atoms with van der Waals surface area (Å²) >= 11 is 6.28. The Morgan fingerprint density at radius 2 is 1.74 bits per heavy atom. The number of likely N-dealkylation sites (N-methyl/N-ethyl adjacent to an activating group) is 1. The molecule has 220 valence electrons. The Bertz CT molecular complexity index is 1650. The molecular formula is C31H38ClN7O2Si. The molecule has 0 unspecified atom stereocenters. The van der Waals surface area contributed by atoms with Crippen LogP contribution in [-0.2, 0) is 15.8 Å². The van der Waals surface area contributed by atoms with E-state index in [1.165, 1.54) is 0 Å². The van der Waals surface area contributed by atoms with Crippen LogP contribution in [0.5, 0.6) is 0 Å². The molecule has 2 aromatic carbocycles. The molecule has 0 spiro atoms. The second-order valence-corrected chi connectivity index (χ2v) is 17.7. The van der Waals surface area contributed by atoms with Crippen molar-refractivity contribution in [2.45, 2.75) is 58.4 Å². The molecule has 3 heterocycles. The van der Waals surface area contributed by atoms with Crippen molar-refractivity contribution in [1.82, 2.24) is 29.4 Å². The van der Waals surface area contributed by atoms with Crippen molar-refractivity contribution in [1.29, 1.82) is 0 Å². The van der Waals surface area contributed by atoms with E-state index in [4.69, 9.17) is 21.0 Å². The number of amides is 1. The first kappa shape index (κ1) is 29.9. The van der Waals surface area contributed by atoms with Crippen LogP contribution >= 0.6 is 11.6 Å². The molecule has 0 N–H and O–H groups in total. The van der Waals surface area contributed by atoms with Crippen molar-refractivity contribution in [2.24, 2.45) is 4.99 Å². The Hall–Kier alpha value is -3.60. The summed E-state index contributed by atoms with van der Waals surface area (Å²) in [6.45, 7) is 13.7. The predicted molar refractivity (Wildman–Crippen MR) is 169 cm³/mol. The van der Waals surface area contributed by atoms with E-state index in [1.54, 1.807) is 29.9 Å². The molecule has 1 amide bonds. The zero-order valence-electron chi connectivity index (χ0n) is 25.5. The molecule has 1 atom stereocenters. The molecule has 1 aliphatic rings. The summed E-state index contributed by atoms with van der Waals surface area (Å²) in [5.41, 5.74) is 5.51. The summed E-state index contributed by atoms with van der Waals surface area (Å²) in [7, 11) is 1.42. The number of hydrogen-bond donors (Lipinski definition) is 0. The van der Waals surface area contributed by atoms with Gasteiger partial charge in [0.05, 0.1) is 24.2 Å². The zero-order valence-corrected chi connectivity index (χ0v) is 27.3. The van der Waals surface area contributed by atoms with Gasteiger partial charge in [0.15, 0.2) is 14.1 Å². The van der Waals surface area contributed by atoms with E-state index < -0.39 is 8.32 Å². The van der Waals surface area contributed by atoms with Gasteiger partial charge in [0, 0.05) is 42.0 Å². The Morgan fingerprint density at radius 1 is 1.05 bits per heavy atom. The van der Waals surface area contributed by atoms with Crippen LogP contribution in [0.1, 0.15) is 49.6 Å². The fourth-order valence-corrected chi connectivity index (χ4v) is 5.74. The number of aromatic nitrogens is 5. The van der Waals surface area contributed by atoms with Gasteiger partial charge < -0.3 is 9.33 Å². The number of nitrogens with zero attached hydrogens (tertiary/aromatic N) is 7. The van der Waals surface area contributed by atoms with Crippen molar-refractivity contribution < 1.29 is 9.22 Å². The van der Waals surface area contributed by atoms with Gasteiger partial charge >= 0.3 is 0 Å². The lowest BCUT2D eigenvalue weighted by molar-refractivity contribution is -0.129. The van der Waals surface area contributed by atoms with Crippen molar-refractivity contribution in [3.05, 3.63) is 82.7 Å². The molecule has 0 saturated heterocycles. The van der Waals surface area contributed by atoms with Gasteiger partial charge in [-0.15, -0.1) is 10.2 Å². The highest BCUT2D eigenvalue weighted by Gasteiger charge is 2.39. The second kappa shape index (κ2) is 11.2. The van der Waals surface area contributed by atoms with Gasteiger partial charge in [0.2, 0.25) is 5.91 Å². The van der Waals surface area contributed by atoms with Crippen molar-refractivity contribution in [3.63, 3.8) is 0 Å². The lowest BCUT2D eigenvalue weighted by atomic mass is 9.96. The predicted octanol–water partition coefficient (Wildman–Crippen LogP) is 6.09. The number of aliphatic imine (C=N–C) groups is 1. The Balaban J connectivity index is 1.64. The number of benzene rings is 2. The highest BCUT2D eigenvalue weighted by atomic mass is 35.5. The van der Waals surface area contributed by atoms with Gasteiger partial charge in [-0.1, -0.05) is 50.6 Å². The van der Waals surface area contributed by atoms with E-state index in [2.05, 4.69) is 71.9 Å². The van der Waals surface area contributed by atoms with Crippen LogP contribution in [0.15, 0.2) is 59.9 Å². The quantitative estimate of drug-likeness (QED) is 0.238. The molecule has 0 aliphatic carbocycles. The van der Waals surface area contributed by atoms with E-state index in [0.29, 0.717) is 11.6 Å². The van der Waals surface area contributed by atoms with Crippen LogP contribution in [-0.4, -0.2) is 70.1 Å². The van der Waals surface area contributed by atoms with Gasteiger partial charge in [0.1, 0.15) is 18.4 Å². The average Bonchev–Trinajstić information content (AvgIpc) is 3.51. The Morgan fingerprint density at radius 3 is 2.40 bits per heavy atom. The first-order valence-corrected chi connectivity index (χ1v) is 17.3. The summed E-state index contributed by atoms with van der Waals surface area (Å²) in [5.74, 6) is 1.50. The van der Waals surface area contributed by atoms with E-state index in [-0.39, 0.29) is 23.5 Å². The van der Waals surface area contributed by atoms with Gasteiger partial charge in [-0.2, -0.15) is 5.10 Å². The van der Waals surface area contributed by atoms with Gasteiger partial charge in [-0.25, -0.2) is 0 Å². The molecule has 2 aromatic heterocycles. The summed E-state index contributed by atoms with van der Waals surface area (Å²) in [6.07, 6.45) is 3.68. The third-order valence-electron chi connectivity index (χ3n) is 8.21. The number of halogens is 1. The molecule has 42 heavy (non-hydrogen) atoms. The van der Waals surface area contributed by atoms with Gasteiger partial charge in [-0.05, 0) is 54.9 Å². The maximum Gasteiger partial charge on any atom is 0.243 e. The highest BCUT2D eigenvalue weighted by molar-refractivity contribution is 6.74. The molecule has 9 nitrogen and oxygen atoms in total. The Labute approximate surface area is 253 Å². The van der Waals surface area contributed by atoms with Gasteiger partial charge in [-0.3, -0.25) is 19.0 Å². The minimum absolute atomic E-state index is 0.0229. The molecule has 0 bridgehead atoms. The van der Waals surface area contributed by atoms with E-state index in [0.717, 1.165) is 45.3 Å². The van der Waals surface area contributed by atoms with Crippen LogP contribution < -0.4 is 0 Å². The molecule has 5 rings (SSSR count).